The van der Waals surface area contributed by atoms with E-state index in [1.807, 2.05) is 6.07 Å². The fourth-order valence-corrected chi connectivity index (χ4v) is 3.14. The van der Waals surface area contributed by atoms with Crippen LogP contribution in [0.4, 0.5) is 5.82 Å². The summed E-state index contributed by atoms with van der Waals surface area (Å²) in [7, 11) is 0. The first-order valence-electron chi connectivity index (χ1n) is 8.67. The summed E-state index contributed by atoms with van der Waals surface area (Å²) >= 11 is 0. The number of carbonyl (C=O) groups is 1. The van der Waals surface area contributed by atoms with Gasteiger partial charge in [0.2, 0.25) is 0 Å². The maximum Gasteiger partial charge on any atom is 0.343 e. The lowest BCUT2D eigenvalue weighted by Crippen LogP contribution is -2.36. The van der Waals surface area contributed by atoms with E-state index in [1.165, 1.54) is 12.6 Å². The average Bonchev–Trinajstić information content (AvgIpc) is 2.62. The normalized spacial score (nSPS) is 17.4. The fraction of sp³-hybridized carbons (Fsp3) is 0.421. The zero-order valence-corrected chi connectivity index (χ0v) is 14.6. The number of carbonyl (C=O) groups excluding carboxylic acids is 1. The van der Waals surface area contributed by atoms with Crippen molar-refractivity contribution in [3.05, 3.63) is 36.0 Å². The molecule has 1 aliphatic rings. The van der Waals surface area contributed by atoms with E-state index >= 15 is 0 Å². The first kappa shape index (κ1) is 17.2. The van der Waals surface area contributed by atoms with Crippen molar-refractivity contribution in [1.82, 2.24) is 9.97 Å². The highest BCUT2D eigenvalue weighted by molar-refractivity contribution is 5.95. The standard InChI is InChI=1S/C19H23N3O3/c1-3-25-19(24)15-11-20-17(14-8-4-5-9-16(14)23)21-18(15)22-10-6-7-13(2)12-22/h4-5,8-9,11,13,23H,3,6-7,10,12H2,1-2H3. The maximum absolute atomic E-state index is 12.3. The Hall–Kier alpha value is -2.63. The molecule has 132 valence electrons. The minimum Gasteiger partial charge on any atom is -0.507 e. The quantitative estimate of drug-likeness (QED) is 0.860. The summed E-state index contributed by atoms with van der Waals surface area (Å²) in [6.07, 6.45) is 3.73. The topological polar surface area (TPSA) is 75.5 Å². The Labute approximate surface area is 147 Å². The van der Waals surface area contributed by atoms with Crippen molar-refractivity contribution >= 4 is 11.8 Å². The molecule has 1 fully saturated rings. The number of ether oxygens (including phenoxy) is 1. The number of aromatic hydroxyl groups is 1. The molecule has 0 spiro atoms. The van der Waals surface area contributed by atoms with Crippen LogP contribution in [-0.2, 0) is 4.74 Å². The first-order valence-corrected chi connectivity index (χ1v) is 8.67. The molecule has 1 aliphatic heterocycles. The van der Waals surface area contributed by atoms with Gasteiger partial charge in [0, 0.05) is 19.3 Å². The molecule has 6 heteroatoms. The third-order valence-corrected chi connectivity index (χ3v) is 4.37. The predicted octanol–water partition coefficient (Wildman–Crippen LogP) is 3.26. The van der Waals surface area contributed by atoms with Gasteiger partial charge in [-0.3, -0.25) is 0 Å². The van der Waals surface area contributed by atoms with Gasteiger partial charge in [-0.15, -0.1) is 0 Å². The summed E-state index contributed by atoms with van der Waals surface area (Å²) in [6.45, 7) is 5.95. The van der Waals surface area contributed by atoms with Crippen molar-refractivity contribution in [2.45, 2.75) is 26.7 Å². The van der Waals surface area contributed by atoms with Crippen molar-refractivity contribution in [1.29, 1.82) is 0 Å². The Kier molecular flexibility index (Phi) is 5.16. The lowest BCUT2D eigenvalue weighted by atomic mass is 10.00. The van der Waals surface area contributed by atoms with Gasteiger partial charge in [0.15, 0.2) is 5.82 Å². The maximum atomic E-state index is 12.3. The third kappa shape index (κ3) is 3.73. The molecule has 6 nitrogen and oxygen atoms in total. The summed E-state index contributed by atoms with van der Waals surface area (Å²) in [5, 5.41) is 10.1. The van der Waals surface area contributed by atoms with Gasteiger partial charge in [-0.2, -0.15) is 0 Å². The van der Waals surface area contributed by atoms with E-state index in [0.717, 1.165) is 19.5 Å². The molecular formula is C19H23N3O3. The second kappa shape index (κ2) is 7.51. The summed E-state index contributed by atoms with van der Waals surface area (Å²) in [5.74, 6) is 1.22. The van der Waals surface area contributed by atoms with Crippen molar-refractivity contribution in [3.8, 4) is 17.1 Å². The summed E-state index contributed by atoms with van der Waals surface area (Å²) in [4.78, 5) is 23.4. The van der Waals surface area contributed by atoms with Gasteiger partial charge in [0.1, 0.15) is 17.1 Å². The van der Waals surface area contributed by atoms with E-state index in [4.69, 9.17) is 4.74 Å². The van der Waals surface area contributed by atoms with Gasteiger partial charge in [-0.25, -0.2) is 14.8 Å². The second-order valence-corrected chi connectivity index (χ2v) is 6.36. The van der Waals surface area contributed by atoms with E-state index in [2.05, 4.69) is 21.8 Å². The first-order chi connectivity index (χ1) is 12.1. The highest BCUT2D eigenvalue weighted by atomic mass is 16.5. The van der Waals surface area contributed by atoms with Crippen molar-refractivity contribution in [2.75, 3.05) is 24.6 Å². The van der Waals surface area contributed by atoms with Crippen LogP contribution >= 0.6 is 0 Å². The molecule has 2 heterocycles. The molecule has 0 radical (unpaired) electrons. The number of para-hydroxylation sites is 1. The van der Waals surface area contributed by atoms with Crippen LogP contribution in [0.2, 0.25) is 0 Å². The number of rotatable bonds is 4. The molecular weight excluding hydrogens is 318 g/mol. The molecule has 0 aliphatic carbocycles. The molecule has 1 atom stereocenters. The Bertz CT molecular complexity index is 763. The summed E-state index contributed by atoms with van der Waals surface area (Å²) in [5.41, 5.74) is 0.916. The SMILES string of the molecule is CCOC(=O)c1cnc(-c2ccccc2O)nc1N1CCCC(C)C1. The fourth-order valence-electron chi connectivity index (χ4n) is 3.14. The number of phenolic OH excluding ortho intramolecular Hbond substituents is 1. The van der Waals surface area contributed by atoms with Gasteiger partial charge in [0.25, 0.3) is 0 Å². The number of nitrogens with zero attached hydrogens (tertiary/aromatic N) is 3. The minimum absolute atomic E-state index is 0.115. The zero-order valence-electron chi connectivity index (χ0n) is 14.6. The Morgan fingerprint density at radius 3 is 2.92 bits per heavy atom. The van der Waals surface area contributed by atoms with Crippen LogP contribution in [0.3, 0.4) is 0 Å². The third-order valence-electron chi connectivity index (χ3n) is 4.37. The molecule has 1 aromatic heterocycles. The second-order valence-electron chi connectivity index (χ2n) is 6.36. The minimum atomic E-state index is -0.417. The number of phenols is 1. The monoisotopic (exact) mass is 341 g/mol. The van der Waals surface area contributed by atoms with E-state index in [9.17, 15) is 9.90 Å². The molecule has 1 N–H and O–H groups in total. The van der Waals surface area contributed by atoms with Gasteiger partial charge in [-0.05, 0) is 37.8 Å². The van der Waals surface area contributed by atoms with Crippen LogP contribution in [0.15, 0.2) is 30.5 Å². The highest BCUT2D eigenvalue weighted by Gasteiger charge is 2.25. The number of hydrogen-bond acceptors (Lipinski definition) is 6. The molecule has 0 amide bonds. The van der Waals surface area contributed by atoms with E-state index < -0.39 is 5.97 Å². The molecule has 1 saturated heterocycles. The van der Waals surface area contributed by atoms with Crippen molar-refractivity contribution < 1.29 is 14.6 Å². The van der Waals surface area contributed by atoms with E-state index in [0.29, 0.717) is 35.3 Å². The molecule has 3 rings (SSSR count). The average molecular weight is 341 g/mol. The largest absolute Gasteiger partial charge is 0.507 e. The van der Waals surface area contributed by atoms with Crippen molar-refractivity contribution in [3.63, 3.8) is 0 Å². The van der Waals surface area contributed by atoms with Crippen LogP contribution in [0.25, 0.3) is 11.4 Å². The number of esters is 1. The molecule has 1 aromatic carbocycles. The number of hydrogen-bond donors (Lipinski definition) is 1. The van der Waals surface area contributed by atoms with Crippen LogP contribution in [0, 0.1) is 5.92 Å². The van der Waals surface area contributed by atoms with E-state index in [-0.39, 0.29) is 5.75 Å². The van der Waals surface area contributed by atoms with Crippen molar-refractivity contribution in [2.24, 2.45) is 5.92 Å². The molecule has 2 aromatic rings. The number of benzene rings is 1. The highest BCUT2D eigenvalue weighted by Crippen LogP contribution is 2.30. The smallest absolute Gasteiger partial charge is 0.343 e. The van der Waals surface area contributed by atoms with E-state index in [1.54, 1.807) is 25.1 Å². The Morgan fingerprint density at radius 2 is 2.20 bits per heavy atom. The van der Waals surface area contributed by atoms with Crippen LogP contribution in [0.1, 0.15) is 37.0 Å². The number of aromatic nitrogens is 2. The number of anilines is 1. The molecule has 0 bridgehead atoms. The van der Waals surface area contributed by atoms with Crippen LogP contribution in [0.5, 0.6) is 5.75 Å². The zero-order chi connectivity index (χ0) is 17.8. The molecule has 0 saturated carbocycles. The summed E-state index contributed by atoms with van der Waals surface area (Å²) in [6, 6.07) is 6.93. The lowest BCUT2D eigenvalue weighted by molar-refractivity contribution is 0.0526. The van der Waals surface area contributed by atoms with Gasteiger partial charge in [0.05, 0.1) is 12.2 Å². The van der Waals surface area contributed by atoms with Crippen LogP contribution in [-0.4, -0.2) is 40.7 Å². The predicted molar refractivity (Wildman–Crippen MR) is 95.7 cm³/mol. The molecule has 1 unspecified atom stereocenters. The van der Waals surface area contributed by atoms with Gasteiger partial charge >= 0.3 is 5.97 Å². The summed E-state index contributed by atoms with van der Waals surface area (Å²) < 4.78 is 5.16. The van der Waals surface area contributed by atoms with Gasteiger partial charge < -0.3 is 14.7 Å². The van der Waals surface area contributed by atoms with Crippen LogP contribution < -0.4 is 4.90 Å². The lowest BCUT2D eigenvalue weighted by Gasteiger charge is -2.32. The number of piperidine rings is 1. The molecule has 25 heavy (non-hydrogen) atoms. The Morgan fingerprint density at radius 1 is 1.40 bits per heavy atom. The Balaban J connectivity index is 2.05. The van der Waals surface area contributed by atoms with Gasteiger partial charge in [-0.1, -0.05) is 19.1 Å².